The molecule has 1 unspecified atom stereocenters. The number of aromatic nitrogens is 2. The molecule has 20 heavy (non-hydrogen) atoms. The first-order chi connectivity index (χ1) is 9.60. The number of hydrogen-bond donors (Lipinski definition) is 2. The summed E-state index contributed by atoms with van der Waals surface area (Å²) in [4.78, 5) is 6.81. The molecule has 2 N–H and O–H groups in total. The maximum atomic E-state index is 12.3. The van der Waals surface area contributed by atoms with Crippen LogP contribution < -0.4 is 9.46 Å². The average molecular weight is 293 g/mol. The highest BCUT2D eigenvalue weighted by Gasteiger charge is 2.29. The summed E-state index contributed by atoms with van der Waals surface area (Å²) >= 11 is 0. The molecule has 1 aromatic heterocycles. The number of hydrogen-bond acceptors (Lipinski definition) is 4. The molecule has 1 aliphatic heterocycles. The van der Waals surface area contributed by atoms with Crippen molar-refractivity contribution in [3.8, 4) is 5.75 Å². The van der Waals surface area contributed by atoms with Gasteiger partial charge in [0.15, 0.2) is 5.03 Å². The van der Waals surface area contributed by atoms with Gasteiger partial charge in [-0.05, 0) is 6.07 Å². The molecular weight excluding hydrogens is 278 g/mol. The summed E-state index contributed by atoms with van der Waals surface area (Å²) < 4.78 is 32.7. The number of aryl methyl sites for hydroxylation is 1. The summed E-state index contributed by atoms with van der Waals surface area (Å²) in [5.74, 6) is 1.37. The van der Waals surface area contributed by atoms with E-state index in [1.807, 2.05) is 31.2 Å². The molecular formula is C13H15N3O3S. The van der Waals surface area contributed by atoms with E-state index in [-0.39, 0.29) is 11.1 Å². The van der Waals surface area contributed by atoms with Crippen LogP contribution >= 0.6 is 0 Å². The van der Waals surface area contributed by atoms with E-state index in [0.29, 0.717) is 18.9 Å². The van der Waals surface area contributed by atoms with Crippen molar-refractivity contribution < 1.29 is 13.2 Å². The van der Waals surface area contributed by atoms with Crippen molar-refractivity contribution in [2.45, 2.75) is 24.4 Å². The highest BCUT2D eigenvalue weighted by molar-refractivity contribution is 7.89. The smallest absolute Gasteiger partial charge is 0.258 e. The van der Waals surface area contributed by atoms with E-state index < -0.39 is 10.0 Å². The average Bonchev–Trinajstić information content (AvgIpc) is 3.06. The third-order valence-electron chi connectivity index (χ3n) is 3.23. The molecule has 106 valence electrons. The Balaban J connectivity index is 1.84. The third-order valence-corrected chi connectivity index (χ3v) is 4.61. The number of sulfonamides is 1. The molecule has 1 aliphatic rings. The predicted octanol–water partition coefficient (Wildman–Crippen LogP) is 1.38. The first kappa shape index (κ1) is 13.1. The molecule has 3 rings (SSSR count). The van der Waals surface area contributed by atoms with Crippen molar-refractivity contribution in [1.29, 1.82) is 0 Å². The van der Waals surface area contributed by atoms with Crippen molar-refractivity contribution >= 4 is 10.0 Å². The fourth-order valence-electron chi connectivity index (χ4n) is 2.17. The Bertz CT molecular complexity index is 724. The maximum absolute atomic E-state index is 12.3. The molecule has 0 saturated heterocycles. The first-order valence-electron chi connectivity index (χ1n) is 6.38. The molecule has 0 amide bonds. The van der Waals surface area contributed by atoms with E-state index in [1.165, 1.54) is 6.20 Å². The van der Waals surface area contributed by atoms with Gasteiger partial charge in [-0.3, -0.25) is 0 Å². The summed E-state index contributed by atoms with van der Waals surface area (Å²) in [6.45, 7) is 2.21. The van der Waals surface area contributed by atoms with Crippen molar-refractivity contribution in [2.75, 3.05) is 6.61 Å². The molecule has 7 heteroatoms. The molecule has 2 aromatic rings. The number of imidazole rings is 1. The maximum Gasteiger partial charge on any atom is 0.258 e. The topological polar surface area (TPSA) is 84.1 Å². The van der Waals surface area contributed by atoms with Crippen LogP contribution in [-0.4, -0.2) is 25.0 Å². The molecule has 0 fully saturated rings. The van der Waals surface area contributed by atoms with Gasteiger partial charge in [0, 0.05) is 12.0 Å². The van der Waals surface area contributed by atoms with Gasteiger partial charge in [-0.1, -0.05) is 25.1 Å². The van der Waals surface area contributed by atoms with Gasteiger partial charge in [0.05, 0.1) is 12.2 Å². The van der Waals surface area contributed by atoms with Gasteiger partial charge < -0.3 is 9.72 Å². The van der Waals surface area contributed by atoms with Crippen LogP contribution in [0.1, 0.15) is 24.4 Å². The minimum atomic E-state index is -3.62. The minimum absolute atomic E-state index is 0.0822. The Hall–Kier alpha value is -1.86. The van der Waals surface area contributed by atoms with Crippen LogP contribution in [0.3, 0.4) is 0 Å². The molecule has 1 aromatic carbocycles. The Kier molecular flexibility index (Phi) is 3.23. The number of para-hydroxylation sites is 1. The number of benzene rings is 1. The molecule has 0 saturated carbocycles. The van der Waals surface area contributed by atoms with Gasteiger partial charge >= 0.3 is 0 Å². The number of nitrogens with one attached hydrogen (secondary N) is 2. The number of rotatable bonds is 4. The Labute approximate surface area is 117 Å². The lowest BCUT2D eigenvalue weighted by Crippen LogP contribution is -2.29. The van der Waals surface area contributed by atoms with Crippen LogP contribution in [0, 0.1) is 0 Å². The zero-order chi connectivity index (χ0) is 14.2. The number of H-pyrrole nitrogens is 1. The zero-order valence-corrected chi connectivity index (χ0v) is 11.8. The van der Waals surface area contributed by atoms with E-state index in [0.717, 1.165) is 11.3 Å². The lowest BCUT2D eigenvalue weighted by molar-refractivity contribution is 0.325. The lowest BCUT2D eigenvalue weighted by Gasteiger charge is -2.10. The molecule has 1 atom stereocenters. The number of ether oxygens (including phenoxy) is 1. The number of aromatic amines is 1. The largest absolute Gasteiger partial charge is 0.491 e. The lowest BCUT2D eigenvalue weighted by atomic mass is 10.1. The summed E-state index contributed by atoms with van der Waals surface area (Å²) in [6.07, 6.45) is 1.99. The Morgan fingerprint density at radius 3 is 3.00 bits per heavy atom. The molecule has 6 nitrogen and oxygen atoms in total. The van der Waals surface area contributed by atoms with Crippen LogP contribution in [0.4, 0.5) is 0 Å². The Morgan fingerprint density at radius 2 is 2.25 bits per heavy atom. The van der Waals surface area contributed by atoms with Crippen molar-refractivity contribution in [2.24, 2.45) is 0 Å². The molecule has 2 heterocycles. The second-order valence-electron chi connectivity index (χ2n) is 4.57. The van der Waals surface area contributed by atoms with Crippen LogP contribution in [0.5, 0.6) is 5.75 Å². The van der Waals surface area contributed by atoms with E-state index in [9.17, 15) is 8.42 Å². The van der Waals surface area contributed by atoms with E-state index in [2.05, 4.69) is 14.7 Å². The highest BCUT2D eigenvalue weighted by atomic mass is 32.2. The molecule has 0 spiro atoms. The van der Waals surface area contributed by atoms with Crippen LogP contribution in [0.25, 0.3) is 0 Å². The minimum Gasteiger partial charge on any atom is -0.491 e. The second kappa shape index (κ2) is 4.92. The zero-order valence-electron chi connectivity index (χ0n) is 11.0. The fourth-order valence-corrected chi connectivity index (χ4v) is 3.31. The summed E-state index contributed by atoms with van der Waals surface area (Å²) in [5.41, 5.74) is 0.853. The molecule has 0 aliphatic carbocycles. The SMILES string of the molecule is CCc1ncc(S(=O)(=O)NC2COc3ccccc32)[nH]1. The predicted molar refractivity (Wildman–Crippen MR) is 73.0 cm³/mol. The van der Waals surface area contributed by atoms with Crippen molar-refractivity contribution in [3.05, 3.63) is 41.9 Å². The molecule has 0 radical (unpaired) electrons. The van der Waals surface area contributed by atoms with E-state index >= 15 is 0 Å². The molecule has 0 bridgehead atoms. The first-order valence-corrected chi connectivity index (χ1v) is 7.86. The normalized spacial score (nSPS) is 17.8. The number of nitrogens with zero attached hydrogens (tertiary/aromatic N) is 1. The van der Waals surface area contributed by atoms with Crippen molar-refractivity contribution in [3.63, 3.8) is 0 Å². The van der Waals surface area contributed by atoms with Crippen LogP contribution in [0.2, 0.25) is 0 Å². The van der Waals surface area contributed by atoms with Gasteiger partial charge in [0.1, 0.15) is 18.2 Å². The summed E-state index contributed by atoms with van der Waals surface area (Å²) in [7, 11) is -3.62. The van der Waals surface area contributed by atoms with E-state index in [4.69, 9.17) is 4.74 Å². The highest BCUT2D eigenvalue weighted by Crippen LogP contribution is 2.32. The standard InChI is InChI=1S/C13H15N3O3S/c1-2-12-14-7-13(15-12)20(17,18)16-10-8-19-11-6-4-3-5-9(10)11/h3-7,10,16H,2,8H2,1H3,(H,14,15). The van der Waals surface area contributed by atoms with Crippen LogP contribution in [-0.2, 0) is 16.4 Å². The summed E-state index contributed by atoms with van der Waals surface area (Å²) in [6, 6.07) is 7.04. The van der Waals surface area contributed by atoms with Gasteiger partial charge in [-0.15, -0.1) is 0 Å². The van der Waals surface area contributed by atoms with Crippen molar-refractivity contribution in [1.82, 2.24) is 14.7 Å². The quantitative estimate of drug-likeness (QED) is 0.892. The number of fused-ring (bicyclic) bond motifs is 1. The van der Waals surface area contributed by atoms with Gasteiger partial charge in [0.25, 0.3) is 10.0 Å². The van der Waals surface area contributed by atoms with Gasteiger partial charge in [-0.2, -0.15) is 4.72 Å². The van der Waals surface area contributed by atoms with Gasteiger partial charge in [-0.25, -0.2) is 13.4 Å². The second-order valence-corrected chi connectivity index (χ2v) is 6.25. The summed E-state index contributed by atoms with van der Waals surface area (Å²) in [5, 5.41) is 0.0822. The van der Waals surface area contributed by atoms with Crippen LogP contribution in [0.15, 0.2) is 35.5 Å². The Morgan fingerprint density at radius 1 is 1.45 bits per heavy atom. The monoisotopic (exact) mass is 293 g/mol. The van der Waals surface area contributed by atoms with E-state index in [1.54, 1.807) is 0 Å². The fraction of sp³-hybridized carbons (Fsp3) is 0.308. The van der Waals surface area contributed by atoms with Gasteiger partial charge in [0.2, 0.25) is 0 Å². The third kappa shape index (κ3) is 2.30.